The fourth-order valence-corrected chi connectivity index (χ4v) is 1.98. The van der Waals surface area contributed by atoms with Gasteiger partial charge in [-0.15, -0.1) is 0 Å². The van der Waals surface area contributed by atoms with Crippen molar-refractivity contribution in [2.24, 2.45) is 0 Å². The van der Waals surface area contributed by atoms with E-state index in [0.717, 1.165) is 31.4 Å². The Labute approximate surface area is 127 Å². The molecule has 1 rings (SSSR count). The first kappa shape index (κ1) is 17.2. The van der Waals surface area contributed by atoms with E-state index in [1.807, 2.05) is 24.0 Å². The average molecular weight is 289 g/mol. The summed E-state index contributed by atoms with van der Waals surface area (Å²) in [6.07, 6.45) is 10.3. The highest BCUT2D eigenvalue weighted by Gasteiger charge is 2.10. The quantitative estimate of drug-likeness (QED) is 0.392. The van der Waals surface area contributed by atoms with Crippen molar-refractivity contribution >= 4 is 5.91 Å². The molecule has 0 N–H and O–H groups in total. The molecule has 0 fully saturated rings. The van der Waals surface area contributed by atoms with Crippen LogP contribution in [0.15, 0.2) is 48.6 Å². The Hall–Kier alpha value is -1.90. The van der Waals surface area contributed by atoms with Crippen LogP contribution in [0, 0.1) is 5.82 Å². The van der Waals surface area contributed by atoms with Crippen molar-refractivity contribution in [3.63, 3.8) is 0 Å². The minimum absolute atomic E-state index is 0.00599. The topological polar surface area (TPSA) is 20.3 Å². The largest absolute Gasteiger partial charge is 0.335 e. The van der Waals surface area contributed by atoms with Gasteiger partial charge >= 0.3 is 0 Å². The first-order valence-electron chi connectivity index (χ1n) is 7.50. The molecule has 3 heteroatoms. The number of hydrogen-bond acceptors (Lipinski definition) is 1. The fraction of sp³-hybridized carbons (Fsp3) is 0.389. The summed E-state index contributed by atoms with van der Waals surface area (Å²) in [5, 5.41) is 0. The molecule has 0 aliphatic rings. The molecule has 1 aromatic carbocycles. The van der Waals surface area contributed by atoms with Crippen LogP contribution in [-0.2, 0) is 11.3 Å². The molecule has 0 atom stereocenters. The molecular formula is C18H24FNO. The molecular weight excluding hydrogens is 265 g/mol. The van der Waals surface area contributed by atoms with E-state index in [-0.39, 0.29) is 11.7 Å². The lowest BCUT2D eigenvalue weighted by Crippen LogP contribution is -2.30. The van der Waals surface area contributed by atoms with Gasteiger partial charge in [-0.3, -0.25) is 4.79 Å². The van der Waals surface area contributed by atoms with Gasteiger partial charge in [0.05, 0.1) is 0 Å². The van der Waals surface area contributed by atoms with E-state index in [2.05, 4.69) is 6.92 Å². The van der Waals surface area contributed by atoms with Crippen LogP contribution in [0.1, 0.15) is 38.7 Å². The summed E-state index contributed by atoms with van der Waals surface area (Å²) in [5.41, 5.74) is 0.945. The van der Waals surface area contributed by atoms with Crippen molar-refractivity contribution in [3.05, 3.63) is 60.0 Å². The second-order valence-corrected chi connectivity index (χ2v) is 4.98. The minimum Gasteiger partial charge on any atom is -0.335 e. The number of hydrogen-bond donors (Lipinski definition) is 0. The van der Waals surface area contributed by atoms with Crippen molar-refractivity contribution in [2.75, 3.05) is 6.54 Å². The standard InChI is InChI=1S/C18H24FNO/c1-3-5-7-9-18(21)20(14-8-6-4-2)15-16-10-12-17(19)13-11-16/h3,5,7,9-13H,4,6,8,14-15H2,1-2H3/b5-3?,9-7+. The summed E-state index contributed by atoms with van der Waals surface area (Å²) in [6.45, 7) is 5.29. The highest BCUT2D eigenvalue weighted by molar-refractivity contribution is 5.87. The van der Waals surface area contributed by atoms with E-state index >= 15 is 0 Å². The second kappa shape index (κ2) is 9.92. The van der Waals surface area contributed by atoms with Crippen LogP contribution < -0.4 is 0 Å². The Balaban J connectivity index is 2.70. The molecule has 0 spiro atoms. The molecule has 0 aromatic heterocycles. The molecule has 0 aliphatic heterocycles. The van der Waals surface area contributed by atoms with Crippen molar-refractivity contribution in [2.45, 2.75) is 39.7 Å². The van der Waals surface area contributed by atoms with E-state index in [4.69, 9.17) is 0 Å². The normalized spacial score (nSPS) is 11.4. The van der Waals surface area contributed by atoms with Crippen molar-refractivity contribution in [3.8, 4) is 0 Å². The van der Waals surface area contributed by atoms with Crippen LogP contribution in [0.25, 0.3) is 0 Å². The number of nitrogens with zero attached hydrogens (tertiary/aromatic N) is 1. The Morgan fingerprint density at radius 2 is 1.90 bits per heavy atom. The van der Waals surface area contributed by atoms with Gasteiger partial charge in [0.2, 0.25) is 5.91 Å². The summed E-state index contributed by atoms with van der Waals surface area (Å²) in [6, 6.07) is 6.32. The molecule has 1 amide bonds. The molecule has 0 bridgehead atoms. The van der Waals surface area contributed by atoms with Crippen LogP contribution >= 0.6 is 0 Å². The maximum absolute atomic E-state index is 12.9. The second-order valence-electron chi connectivity index (χ2n) is 4.98. The highest BCUT2D eigenvalue weighted by Crippen LogP contribution is 2.09. The van der Waals surface area contributed by atoms with Gasteiger partial charge < -0.3 is 4.90 Å². The smallest absolute Gasteiger partial charge is 0.246 e. The van der Waals surface area contributed by atoms with Crippen LogP contribution in [0.3, 0.4) is 0 Å². The van der Waals surface area contributed by atoms with Gasteiger partial charge in [0.15, 0.2) is 0 Å². The summed E-state index contributed by atoms with van der Waals surface area (Å²) in [7, 11) is 0. The molecule has 0 saturated heterocycles. The lowest BCUT2D eigenvalue weighted by Gasteiger charge is -2.21. The third-order valence-corrected chi connectivity index (χ3v) is 3.17. The number of amides is 1. The molecule has 114 valence electrons. The monoisotopic (exact) mass is 289 g/mol. The molecule has 0 saturated carbocycles. The maximum Gasteiger partial charge on any atom is 0.246 e. The van der Waals surface area contributed by atoms with Crippen LogP contribution in [0.4, 0.5) is 4.39 Å². The molecule has 2 nitrogen and oxygen atoms in total. The summed E-state index contributed by atoms with van der Waals surface area (Å²) >= 11 is 0. The van der Waals surface area contributed by atoms with E-state index in [0.29, 0.717) is 6.54 Å². The lowest BCUT2D eigenvalue weighted by atomic mass is 10.2. The first-order chi connectivity index (χ1) is 10.2. The Bertz CT molecular complexity index is 476. The summed E-state index contributed by atoms with van der Waals surface area (Å²) in [4.78, 5) is 14.0. The molecule has 1 aromatic rings. The molecule has 0 radical (unpaired) electrons. The summed E-state index contributed by atoms with van der Waals surface area (Å²) < 4.78 is 12.9. The Morgan fingerprint density at radius 1 is 1.19 bits per heavy atom. The fourth-order valence-electron chi connectivity index (χ4n) is 1.98. The zero-order valence-electron chi connectivity index (χ0n) is 12.9. The molecule has 21 heavy (non-hydrogen) atoms. The van der Waals surface area contributed by atoms with E-state index in [1.54, 1.807) is 24.3 Å². The minimum atomic E-state index is -0.254. The van der Waals surface area contributed by atoms with Gasteiger partial charge in [-0.25, -0.2) is 4.39 Å². The number of unbranched alkanes of at least 4 members (excludes halogenated alkanes) is 2. The molecule has 0 aliphatic carbocycles. The van der Waals surface area contributed by atoms with Crippen LogP contribution in [0.2, 0.25) is 0 Å². The highest BCUT2D eigenvalue weighted by atomic mass is 19.1. The number of allylic oxidation sites excluding steroid dienone is 3. The van der Waals surface area contributed by atoms with Crippen molar-refractivity contribution in [1.29, 1.82) is 0 Å². The zero-order chi connectivity index (χ0) is 15.5. The third kappa shape index (κ3) is 6.89. The number of benzene rings is 1. The van der Waals surface area contributed by atoms with Gasteiger partial charge in [-0.05, 0) is 31.0 Å². The summed E-state index contributed by atoms with van der Waals surface area (Å²) in [5.74, 6) is -0.260. The number of carbonyl (C=O) groups is 1. The maximum atomic E-state index is 12.9. The van der Waals surface area contributed by atoms with Crippen molar-refractivity contribution < 1.29 is 9.18 Å². The molecule has 0 unspecified atom stereocenters. The van der Waals surface area contributed by atoms with Gasteiger partial charge in [0.25, 0.3) is 0 Å². The van der Waals surface area contributed by atoms with E-state index < -0.39 is 0 Å². The van der Waals surface area contributed by atoms with Gasteiger partial charge in [-0.1, -0.05) is 50.1 Å². The van der Waals surface area contributed by atoms with Crippen LogP contribution in [0.5, 0.6) is 0 Å². The number of halogens is 1. The number of rotatable bonds is 8. The van der Waals surface area contributed by atoms with Gasteiger partial charge in [0, 0.05) is 19.2 Å². The van der Waals surface area contributed by atoms with Crippen LogP contribution in [-0.4, -0.2) is 17.4 Å². The third-order valence-electron chi connectivity index (χ3n) is 3.17. The van der Waals surface area contributed by atoms with Crippen molar-refractivity contribution in [1.82, 2.24) is 4.90 Å². The lowest BCUT2D eigenvalue weighted by molar-refractivity contribution is -0.126. The van der Waals surface area contributed by atoms with E-state index in [1.165, 1.54) is 12.1 Å². The predicted molar refractivity (Wildman–Crippen MR) is 85.3 cm³/mol. The SMILES string of the molecule is CC=C/C=C/C(=O)N(CCCCC)Cc1ccc(F)cc1. The Kier molecular flexibility index (Phi) is 8.10. The van der Waals surface area contributed by atoms with Gasteiger partial charge in [0.1, 0.15) is 5.82 Å². The predicted octanol–water partition coefficient (Wildman–Crippen LogP) is 4.48. The van der Waals surface area contributed by atoms with Gasteiger partial charge in [-0.2, -0.15) is 0 Å². The average Bonchev–Trinajstić information content (AvgIpc) is 2.48. The van der Waals surface area contributed by atoms with E-state index in [9.17, 15) is 9.18 Å². The molecule has 0 heterocycles. The zero-order valence-corrected chi connectivity index (χ0v) is 12.9. The number of carbonyl (C=O) groups excluding carboxylic acids is 1. The first-order valence-corrected chi connectivity index (χ1v) is 7.50. The Morgan fingerprint density at radius 3 is 2.52 bits per heavy atom.